The molecule has 0 aliphatic carbocycles. The maximum Gasteiger partial charge on any atom is 0.251 e. The average molecular weight is 234 g/mol. The van der Waals surface area contributed by atoms with Crippen LogP contribution in [-0.4, -0.2) is 24.7 Å². The minimum Gasteiger partial charge on any atom is -0.399 e. The van der Waals surface area contributed by atoms with Crippen LogP contribution in [0.1, 0.15) is 29.3 Å². The van der Waals surface area contributed by atoms with Crippen molar-refractivity contribution in [2.24, 2.45) is 0 Å². The maximum atomic E-state index is 12.1. The first-order valence-corrected chi connectivity index (χ1v) is 5.76. The van der Waals surface area contributed by atoms with E-state index in [1.807, 2.05) is 26.0 Å². The number of rotatable bonds is 2. The van der Waals surface area contributed by atoms with Crippen molar-refractivity contribution < 1.29 is 9.53 Å². The van der Waals surface area contributed by atoms with E-state index in [1.54, 1.807) is 6.07 Å². The summed E-state index contributed by atoms with van der Waals surface area (Å²) in [5.41, 5.74) is 7.69. The number of hydrogen-bond acceptors (Lipinski definition) is 3. The summed E-state index contributed by atoms with van der Waals surface area (Å²) in [5, 5.41) is 3.01. The van der Waals surface area contributed by atoms with Crippen LogP contribution in [0.4, 0.5) is 5.69 Å². The molecule has 1 amide bonds. The van der Waals surface area contributed by atoms with Crippen LogP contribution < -0.4 is 11.1 Å². The zero-order valence-corrected chi connectivity index (χ0v) is 10.2. The lowest BCUT2D eigenvalue weighted by Crippen LogP contribution is -2.46. The molecule has 0 radical (unpaired) electrons. The molecule has 1 unspecified atom stereocenters. The van der Waals surface area contributed by atoms with Gasteiger partial charge < -0.3 is 15.8 Å². The van der Waals surface area contributed by atoms with Crippen LogP contribution in [0.15, 0.2) is 18.2 Å². The molecule has 1 aromatic rings. The van der Waals surface area contributed by atoms with Gasteiger partial charge in [-0.05, 0) is 44.0 Å². The zero-order valence-electron chi connectivity index (χ0n) is 10.2. The largest absolute Gasteiger partial charge is 0.399 e. The van der Waals surface area contributed by atoms with E-state index in [4.69, 9.17) is 10.5 Å². The average Bonchev–Trinajstić information content (AvgIpc) is 2.63. The molecular weight excluding hydrogens is 216 g/mol. The molecule has 1 atom stereocenters. The Balaban J connectivity index is 2.14. The number of carbonyl (C=O) groups excluding carboxylic acids is 1. The van der Waals surface area contributed by atoms with Gasteiger partial charge in [-0.2, -0.15) is 0 Å². The summed E-state index contributed by atoms with van der Waals surface area (Å²) in [6, 6.07) is 5.38. The van der Waals surface area contributed by atoms with Crippen molar-refractivity contribution in [2.45, 2.75) is 25.8 Å². The molecule has 0 spiro atoms. The molecular formula is C13H18N2O2. The number of carbonyl (C=O) groups is 1. The fraction of sp³-hybridized carbons (Fsp3) is 0.462. The zero-order chi connectivity index (χ0) is 12.5. The van der Waals surface area contributed by atoms with Crippen LogP contribution in [0.5, 0.6) is 0 Å². The highest BCUT2D eigenvalue weighted by molar-refractivity contribution is 5.95. The highest BCUT2D eigenvalue weighted by Gasteiger charge is 2.31. The van der Waals surface area contributed by atoms with E-state index in [2.05, 4.69) is 5.32 Å². The first-order chi connectivity index (χ1) is 7.98. The number of nitrogens with two attached hydrogens (primary N) is 1. The van der Waals surface area contributed by atoms with Gasteiger partial charge in [-0.25, -0.2) is 0 Å². The monoisotopic (exact) mass is 234 g/mol. The van der Waals surface area contributed by atoms with Crippen LogP contribution >= 0.6 is 0 Å². The van der Waals surface area contributed by atoms with E-state index >= 15 is 0 Å². The van der Waals surface area contributed by atoms with E-state index < -0.39 is 0 Å². The smallest absolute Gasteiger partial charge is 0.251 e. The molecule has 0 bridgehead atoms. The fourth-order valence-electron chi connectivity index (χ4n) is 2.06. The first kappa shape index (κ1) is 11.9. The van der Waals surface area contributed by atoms with Crippen molar-refractivity contribution >= 4 is 11.6 Å². The number of nitrogen functional groups attached to an aromatic ring is 1. The first-order valence-electron chi connectivity index (χ1n) is 5.76. The van der Waals surface area contributed by atoms with Gasteiger partial charge in [0.25, 0.3) is 5.91 Å². The Labute approximate surface area is 101 Å². The van der Waals surface area contributed by atoms with Gasteiger partial charge in [0.1, 0.15) is 0 Å². The molecule has 1 aliphatic rings. The SMILES string of the molecule is Cc1cc(N)cc(C(=O)NC2(C)CCOC2)c1. The molecule has 3 N–H and O–H groups in total. The second kappa shape index (κ2) is 4.37. The lowest BCUT2D eigenvalue weighted by molar-refractivity contribution is 0.0890. The molecule has 1 aromatic carbocycles. The number of hydrogen-bond donors (Lipinski definition) is 2. The topological polar surface area (TPSA) is 64.4 Å². The van der Waals surface area contributed by atoms with E-state index in [0.29, 0.717) is 24.5 Å². The minimum absolute atomic E-state index is 0.0894. The number of nitrogens with one attached hydrogen (secondary N) is 1. The highest BCUT2D eigenvalue weighted by atomic mass is 16.5. The second-order valence-electron chi connectivity index (χ2n) is 4.95. The third kappa shape index (κ3) is 2.77. The highest BCUT2D eigenvalue weighted by Crippen LogP contribution is 2.19. The van der Waals surface area contributed by atoms with E-state index in [-0.39, 0.29) is 11.4 Å². The van der Waals surface area contributed by atoms with Crippen LogP contribution in [-0.2, 0) is 4.74 Å². The van der Waals surface area contributed by atoms with Gasteiger partial charge in [0, 0.05) is 17.9 Å². The van der Waals surface area contributed by atoms with Gasteiger partial charge in [0.15, 0.2) is 0 Å². The van der Waals surface area contributed by atoms with Crippen LogP contribution in [0.2, 0.25) is 0 Å². The summed E-state index contributed by atoms with van der Waals surface area (Å²) in [5.74, 6) is -0.0894. The van der Waals surface area contributed by atoms with Crippen molar-refractivity contribution in [3.05, 3.63) is 29.3 Å². The molecule has 4 nitrogen and oxygen atoms in total. The van der Waals surface area contributed by atoms with Gasteiger partial charge in [0.05, 0.1) is 12.1 Å². The van der Waals surface area contributed by atoms with Gasteiger partial charge in [-0.3, -0.25) is 4.79 Å². The van der Waals surface area contributed by atoms with Gasteiger partial charge in [0.2, 0.25) is 0 Å². The molecule has 2 rings (SSSR count). The van der Waals surface area contributed by atoms with Crippen molar-refractivity contribution in [3.63, 3.8) is 0 Å². The normalized spacial score (nSPS) is 23.6. The Bertz CT molecular complexity index is 417. The number of anilines is 1. The molecule has 17 heavy (non-hydrogen) atoms. The van der Waals surface area contributed by atoms with Crippen molar-refractivity contribution in [1.82, 2.24) is 5.32 Å². The Hall–Kier alpha value is -1.55. The molecule has 92 valence electrons. The summed E-state index contributed by atoms with van der Waals surface area (Å²) in [4.78, 5) is 12.1. The lowest BCUT2D eigenvalue weighted by atomic mass is 10.0. The van der Waals surface area contributed by atoms with Gasteiger partial charge >= 0.3 is 0 Å². The summed E-state index contributed by atoms with van der Waals surface area (Å²) in [6.45, 7) is 5.19. The number of benzene rings is 1. The van der Waals surface area contributed by atoms with Gasteiger partial charge in [-0.1, -0.05) is 0 Å². The Morgan fingerprint density at radius 2 is 2.24 bits per heavy atom. The minimum atomic E-state index is -0.254. The third-order valence-corrected chi connectivity index (χ3v) is 3.00. The third-order valence-electron chi connectivity index (χ3n) is 3.00. The van der Waals surface area contributed by atoms with Crippen molar-refractivity contribution in [2.75, 3.05) is 18.9 Å². The fourth-order valence-corrected chi connectivity index (χ4v) is 2.06. The number of ether oxygens (including phenoxy) is 1. The summed E-state index contributed by atoms with van der Waals surface area (Å²) >= 11 is 0. The van der Waals surface area contributed by atoms with Crippen LogP contribution in [0.25, 0.3) is 0 Å². The molecule has 1 heterocycles. The Morgan fingerprint density at radius 1 is 1.47 bits per heavy atom. The summed E-state index contributed by atoms with van der Waals surface area (Å²) in [7, 11) is 0. The molecule has 0 aromatic heterocycles. The lowest BCUT2D eigenvalue weighted by Gasteiger charge is -2.23. The summed E-state index contributed by atoms with van der Waals surface area (Å²) < 4.78 is 5.30. The van der Waals surface area contributed by atoms with Crippen molar-refractivity contribution in [3.8, 4) is 0 Å². The van der Waals surface area contributed by atoms with Crippen LogP contribution in [0.3, 0.4) is 0 Å². The number of amides is 1. The standard InChI is InChI=1S/C13H18N2O2/c1-9-5-10(7-11(14)6-9)12(16)15-13(2)3-4-17-8-13/h5-7H,3-4,8,14H2,1-2H3,(H,15,16). The van der Waals surface area contributed by atoms with E-state index in [0.717, 1.165) is 12.0 Å². The molecule has 4 heteroatoms. The van der Waals surface area contributed by atoms with E-state index in [9.17, 15) is 4.79 Å². The summed E-state index contributed by atoms with van der Waals surface area (Å²) in [6.07, 6.45) is 0.847. The predicted molar refractivity (Wildman–Crippen MR) is 66.9 cm³/mol. The van der Waals surface area contributed by atoms with Crippen molar-refractivity contribution in [1.29, 1.82) is 0 Å². The Morgan fingerprint density at radius 3 is 2.82 bits per heavy atom. The molecule has 1 fully saturated rings. The quantitative estimate of drug-likeness (QED) is 0.762. The maximum absolute atomic E-state index is 12.1. The molecule has 0 saturated carbocycles. The second-order valence-corrected chi connectivity index (χ2v) is 4.95. The molecule has 1 saturated heterocycles. The predicted octanol–water partition coefficient (Wildman–Crippen LogP) is 1.49. The number of aryl methyl sites for hydroxylation is 1. The van der Waals surface area contributed by atoms with Crippen LogP contribution in [0, 0.1) is 6.92 Å². The van der Waals surface area contributed by atoms with E-state index in [1.165, 1.54) is 0 Å². The Kier molecular flexibility index (Phi) is 3.07. The molecule has 1 aliphatic heterocycles. The van der Waals surface area contributed by atoms with Gasteiger partial charge in [-0.15, -0.1) is 0 Å².